The molecule has 0 aliphatic rings. The highest BCUT2D eigenvalue weighted by atomic mass is 16.4. The van der Waals surface area contributed by atoms with Crippen LogP contribution in [-0.4, -0.2) is 15.6 Å². The number of nitrogens with zero attached hydrogens (tertiary/aromatic N) is 1. The fourth-order valence-electron chi connectivity index (χ4n) is 1.51. The molecule has 0 fully saturated rings. The van der Waals surface area contributed by atoms with E-state index in [-0.39, 0.29) is 0 Å². The van der Waals surface area contributed by atoms with Gasteiger partial charge in [-0.25, -0.2) is 4.79 Å². The third-order valence-corrected chi connectivity index (χ3v) is 2.13. The zero-order chi connectivity index (χ0) is 11.4. The van der Waals surface area contributed by atoms with Crippen molar-refractivity contribution in [1.29, 1.82) is 0 Å². The molecule has 2 aromatic rings. The molecule has 0 amide bonds. The summed E-state index contributed by atoms with van der Waals surface area (Å²) in [4.78, 5) is 10.8. The molecule has 3 heteroatoms. The van der Waals surface area contributed by atoms with Gasteiger partial charge in [-0.3, -0.25) is 0 Å². The summed E-state index contributed by atoms with van der Waals surface area (Å²) in [6.07, 6.45) is 1.63. The SMILES string of the molecule is CC.Cn1cc(C(=O)O)c2ccccc21. The Labute approximate surface area is 89.0 Å². The highest BCUT2D eigenvalue weighted by Gasteiger charge is 2.10. The van der Waals surface area contributed by atoms with Gasteiger partial charge in [0.1, 0.15) is 0 Å². The first kappa shape index (κ1) is 11.3. The number of benzene rings is 1. The maximum Gasteiger partial charge on any atom is 0.337 e. The molecule has 0 radical (unpaired) electrons. The highest BCUT2D eigenvalue weighted by molar-refractivity contribution is 6.03. The largest absolute Gasteiger partial charge is 0.478 e. The maximum absolute atomic E-state index is 10.8. The molecule has 0 aliphatic heterocycles. The Morgan fingerprint density at radius 1 is 1.27 bits per heavy atom. The van der Waals surface area contributed by atoms with Crippen molar-refractivity contribution >= 4 is 16.9 Å². The summed E-state index contributed by atoms with van der Waals surface area (Å²) < 4.78 is 1.82. The minimum atomic E-state index is -0.878. The van der Waals surface area contributed by atoms with Crippen LogP contribution in [-0.2, 0) is 7.05 Å². The predicted octanol–water partition coefficient (Wildman–Crippen LogP) is 2.90. The number of carboxylic acid groups (broad SMARTS) is 1. The summed E-state index contributed by atoms with van der Waals surface area (Å²) >= 11 is 0. The van der Waals surface area contributed by atoms with Crippen LogP contribution in [0.2, 0.25) is 0 Å². The van der Waals surface area contributed by atoms with Gasteiger partial charge in [0.15, 0.2) is 0 Å². The van der Waals surface area contributed by atoms with Gasteiger partial charge in [-0.2, -0.15) is 0 Å². The molecule has 1 N–H and O–H groups in total. The molecule has 3 nitrogen and oxygen atoms in total. The first-order valence-electron chi connectivity index (χ1n) is 4.97. The molecule has 15 heavy (non-hydrogen) atoms. The van der Waals surface area contributed by atoms with E-state index in [1.54, 1.807) is 6.20 Å². The summed E-state index contributed by atoms with van der Waals surface area (Å²) in [6.45, 7) is 4.00. The van der Waals surface area contributed by atoms with Gasteiger partial charge in [0.25, 0.3) is 0 Å². The Morgan fingerprint density at radius 3 is 2.47 bits per heavy atom. The van der Waals surface area contributed by atoms with Crippen molar-refractivity contribution in [2.45, 2.75) is 13.8 Å². The first-order chi connectivity index (χ1) is 7.20. The van der Waals surface area contributed by atoms with Gasteiger partial charge in [0.2, 0.25) is 0 Å². The van der Waals surface area contributed by atoms with E-state index >= 15 is 0 Å². The van der Waals surface area contributed by atoms with Crippen LogP contribution in [0.5, 0.6) is 0 Å². The standard InChI is InChI=1S/C10H9NO2.C2H6/c1-11-6-8(10(12)13)7-4-2-3-5-9(7)11;1-2/h2-6H,1H3,(H,12,13);1-2H3. The van der Waals surface area contributed by atoms with Gasteiger partial charge >= 0.3 is 5.97 Å². The lowest BCUT2D eigenvalue weighted by atomic mass is 10.2. The van der Waals surface area contributed by atoms with E-state index < -0.39 is 5.97 Å². The zero-order valence-corrected chi connectivity index (χ0v) is 9.19. The van der Waals surface area contributed by atoms with Crippen LogP contribution in [0, 0.1) is 0 Å². The van der Waals surface area contributed by atoms with E-state index in [2.05, 4.69) is 0 Å². The highest BCUT2D eigenvalue weighted by Crippen LogP contribution is 2.19. The Morgan fingerprint density at radius 2 is 1.87 bits per heavy atom. The molecule has 0 atom stereocenters. The van der Waals surface area contributed by atoms with Gasteiger partial charge in [0, 0.05) is 24.1 Å². The van der Waals surface area contributed by atoms with Gasteiger partial charge < -0.3 is 9.67 Å². The van der Waals surface area contributed by atoms with Crippen molar-refractivity contribution in [3.05, 3.63) is 36.0 Å². The molecule has 1 aromatic carbocycles. The quantitative estimate of drug-likeness (QED) is 0.777. The lowest BCUT2D eigenvalue weighted by Crippen LogP contribution is -1.93. The molecule has 0 saturated carbocycles. The molecule has 0 spiro atoms. The van der Waals surface area contributed by atoms with Crippen molar-refractivity contribution < 1.29 is 9.90 Å². The second-order valence-corrected chi connectivity index (χ2v) is 2.98. The number of hydrogen-bond donors (Lipinski definition) is 1. The molecular formula is C12H15NO2. The number of fused-ring (bicyclic) bond motifs is 1. The monoisotopic (exact) mass is 205 g/mol. The van der Waals surface area contributed by atoms with Crippen molar-refractivity contribution in [3.63, 3.8) is 0 Å². The van der Waals surface area contributed by atoms with E-state index in [4.69, 9.17) is 5.11 Å². The van der Waals surface area contributed by atoms with Crippen LogP contribution in [0.15, 0.2) is 30.5 Å². The van der Waals surface area contributed by atoms with Gasteiger partial charge in [-0.15, -0.1) is 0 Å². The van der Waals surface area contributed by atoms with E-state index in [0.29, 0.717) is 5.56 Å². The summed E-state index contributed by atoms with van der Waals surface area (Å²) in [5.74, 6) is -0.878. The van der Waals surface area contributed by atoms with Crippen molar-refractivity contribution in [3.8, 4) is 0 Å². The number of carboxylic acids is 1. The maximum atomic E-state index is 10.8. The van der Waals surface area contributed by atoms with Gasteiger partial charge in [-0.1, -0.05) is 32.0 Å². The Kier molecular flexibility index (Phi) is 3.50. The summed E-state index contributed by atoms with van der Waals surface area (Å²) in [7, 11) is 1.84. The van der Waals surface area contributed by atoms with Crippen molar-refractivity contribution in [2.75, 3.05) is 0 Å². The Balaban J connectivity index is 0.000000531. The van der Waals surface area contributed by atoms with Gasteiger partial charge in [-0.05, 0) is 6.07 Å². The molecule has 0 aliphatic carbocycles. The van der Waals surface area contributed by atoms with E-state index in [9.17, 15) is 4.79 Å². The molecular weight excluding hydrogens is 190 g/mol. The molecule has 2 rings (SSSR count). The topological polar surface area (TPSA) is 42.2 Å². The Bertz CT molecular complexity index is 471. The number of aromatic nitrogens is 1. The molecule has 1 aromatic heterocycles. The summed E-state index contributed by atoms with van der Waals surface area (Å²) in [6, 6.07) is 7.46. The van der Waals surface area contributed by atoms with Crippen LogP contribution in [0.3, 0.4) is 0 Å². The van der Waals surface area contributed by atoms with Crippen LogP contribution in [0.25, 0.3) is 10.9 Å². The van der Waals surface area contributed by atoms with E-state index in [1.165, 1.54) is 0 Å². The fraction of sp³-hybridized carbons (Fsp3) is 0.250. The minimum Gasteiger partial charge on any atom is -0.478 e. The summed E-state index contributed by atoms with van der Waals surface area (Å²) in [5, 5.41) is 9.67. The molecule has 0 saturated heterocycles. The average Bonchev–Trinajstić information content (AvgIpc) is 2.60. The molecule has 0 unspecified atom stereocenters. The van der Waals surface area contributed by atoms with Crippen molar-refractivity contribution in [2.24, 2.45) is 7.05 Å². The first-order valence-corrected chi connectivity index (χ1v) is 4.97. The third kappa shape index (κ3) is 2.01. The lowest BCUT2D eigenvalue weighted by Gasteiger charge is -1.92. The number of rotatable bonds is 1. The number of carbonyl (C=O) groups is 1. The molecule has 1 heterocycles. The number of hydrogen-bond acceptors (Lipinski definition) is 1. The van der Waals surface area contributed by atoms with Crippen LogP contribution < -0.4 is 0 Å². The van der Waals surface area contributed by atoms with Crippen molar-refractivity contribution in [1.82, 2.24) is 4.57 Å². The van der Waals surface area contributed by atoms with E-state index in [0.717, 1.165) is 10.9 Å². The smallest absolute Gasteiger partial charge is 0.337 e. The molecule has 0 bridgehead atoms. The van der Waals surface area contributed by atoms with E-state index in [1.807, 2.05) is 49.7 Å². The van der Waals surface area contributed by atoms with Crippen LogP contribution in [0.4, 0.5) is 0 Å². The summed E-state index contributed by atoms with van der Waals surface area (Å²) in [5.41, 5.74) is 1.30. The van der Waals surface area contributed by atoms with Crippen LogP contribution >= 0.6 is 0 Å². The number of aryl methyl sites for hydroxylation is 1. The number of aromatic carboxylic acids is 1. The second kappa shape index (κ2) is 4.64. The number of para-hydroxylation sites is 1. The predicted molar refractivity (Wildman–Crippen MR) is 61.2 cm³/mol. The average molecular weight is 205 g/mol. The normalized spacial score (nSPS) is 9.53. The molecule has 80 valence electrons. The van der Waals surface area contributed by atoms with Crippen LogP contribution in [0.1, 0.15) is 24.2 Å². The second-order valence-electron chi connectivity index (χ2n) is 2.98. The fourth-order valence-corrected chi connectivity index (χ4v) is 1.51. The third-order valence-electron chi connectivity index (χ3n) is 2.13. The lowest BCUT2D eigenvalue weighted by molar-refractivity contribution is 0.0699. The zero-order valence-electron chi connectivity index (χ0n) is 9.19. The Hall–Kier alpha value is -1.77. The van der Waals surface area contributed by atoms with Gasteiger partial charge in [0.05, 0.1) is 5.56 Å². The minimum absolute atomic E-state index is 0.359.